The Bertz CT molecular complexity index is 449. The number of nitrogens with one attached hydrogen (secondary N) is 1. The smallest absolute Gasteiger partial charge is 0.131 e. The minimum absolute atomic E-state index is 0.589. The number of ether oxygens (including phenoxy) is 1. The van der Waals surface area contributed by atoms with Gasteiger partial charge in [-0.2, -0.15) is 0 Å². The molecule has 20 heavy (non-hydrogen) atoms. The minimum Gasteiger partial charge on any atom is -0.388 e. The summed E-state index contributed by atoms with van der Waals surface area (Å²) in [6, 6.07) is 2.16. The Balaban J connectivity index is 1.96. The van der Waals surface area contributed by atoms with Gasteiger partial charge in [-0.3, -0.25) is 0 Å². The Kier molecular flexibility index (Phi) is 4.96. The summed E-state index contributed by atoms with van der Waals surface area (Å²) in [5, 5.41) is 13.4. The predicted molar refractivity (Wildman–Crippen MR) is 80.0 cm³/mol. The number of hydrogen-bond donors (Lipinski definition) is 2. The summed E-state index contributed by atoms with van der Waals surface area (Å²) in [4.78, 5) is 6.73. The van der Waals surface area contributed by atoms with Gasteiger partial charge in [0.2, 0.25) is 0 Å². The fraction of sp³-hybridized carbons (Fsp3) is 0.667. The number of aromatic nitrogens is 1. The predicted octanol–water partition coefficient (Wildman–Crippen LogP) is 1.09. The average molecular weight is 279 g/mol. The van der Waals surface area contributed by atoms with Gasteiger partial charge in [0.05, 0.1) is 12.2 Å². The van der Waals surface area contributed by atoms with Crippen LogP contribution in [0.1, 0.15) is 24.5 Å². The highest BCUT2D eigenvalue weighted by Gasteiger charge is 2.32. The van der Waals surface area contributed by atoms with Crippen molar-refractivity contribution in [1.82, 2.24) is 10.3 Å². The van der Waals surface area contributed by atoms with Gasteiger partial charge in [-0.1, -0.05) is 0 Å². The van der Waals surface area contributed by atoms with Gasteiger partial charge in [-0.05, 0) is 37.5 Å². The van der Waals surface area contributed by atoms with Crippen LogP contribution in [0.5, 0.6) is 0 Å². The standard InChI is InChI=1S/C15H25N3O2/c1-12-8-13(9-16-5-7-20-3)10-17-14(12)18-6-4-15(2,19)11-18/h8,10,16,19H,4-7,9,11H2,1-3H3. The van der Waals surface area contributed by atoms with Crippen molar-refractivity contribution in [1.29, 1.82) is 0 Å². The SMILES string of the molecule is COCCNCc1cnc(N2CCC(C)(O)C2)c(C)c1. The maximum atomic E-state index is 10.0. The molecule has 0 amide bonds. The van der Waals surface area contributed by atoms with Crippen LogP contribution in [0.15, 0.2) is 12.3 Å². The molecule has 2 N–H and O–H groups in total. The van der Waals surface area contributed by atoms with E-state index in [2.05, 4.69) is 28.2 Å². The van der Waals surface area contributed by atoms with Gasteiger partial charge >= 0.3 is 0 Å². The van der Waals surface area contributed by atoms with Crippen molar-refractivity contribution in [2.24, 2.45) is 0 Å². The Labute approximate surface area is 121 Å². The summed E-state index contributed by atoms with van der Waals surface area (Å²) in [6.07, 6.45) is 2.71. The minimum atomic E-state index is -0.589. The molecule has 1 aliphatic heterocycles. The third kappa shape index (κ3) is 3.91. The summed E-state index contributed by atoms with van der Waals surface area (Å²) in [5.74, 6) is 0.989. The number of rotatable bonds is 6. The zero-order chi connectivity index (χ0) is 14.6. The average Bonchev–Trinajstić information content (AvgIpc) is 2.75. The van der Waals surface area contributed by atoms with Crippen LogP contribution >= 0.6 is 0 Å². The molecule has 1 aromatic rings. The molecule has 0 radical (unpaired) electrons. The lowest BCUT2D eigenvalue weighted by Crippen LogP contribution is -2.30. The summed E-state index contributed by atoms with van der Waals surface area (Å²) >= 11 is 0. The van der Waals surface area contributed by atoms with Gasteiger partial charge in [0, 0.05) is 39.5 Å². The van der Waals surface area contributed by atoms with Gasteiger partial charge in [0.15, 0.2) is 0 Å². The van der Waals surface area contributed by atoms with E-state index in [0.29, 0.717) is 13.2 Å². The topological polar surface area (TPSA) is 57.6 Å². The van der Waals surface area contributed by atoms with Crippen molar-refractivity contribution in [3.8, 4) is 0 Å². The molecule has 5 nitrogen and oxygen atoms in total. The Hall–Kier alpha value is -1.17. The highest BCUT2D eigenvalue weighted by molar-refractivity contribution is 5.48. The largest absolute Gasteiger partial charge is 0.388 e. The van der Waals surface area contributed by atoms with Crippen LogP contribution < -0.4 is 10.2 Å². The van der Waals surface area contributed by atoms with Crippen LogP contribution in [0, 0.1) is 6.92 Å². The Morgan fingerprint density at radius 3 is 2.95 bits per heavy atom. The van der Waals surface area contributed by atoms with Crippen LogP contribution in [0.2, 0.25) is 0 Å². The molecule has 0 spiro atoms. The molecule has 2 heterocycles. The maximum Gasteiger partial charge on any atom is 0.131 e. The molecule has 0 aromatic carbocycles. The van der Waals surface area contributed by atoms with Gasteiger partial charge in [-0.15, -0.1) is 0 Å². The lowest BCUT2D eigenvalue weighted by Gasteiger charge is -2.21. The first-order chi connectivity index (χ1) is 9.52. The summed E-state index contributed by atoms with van der Waals surface area (Å²) in [5.41, 5.74) is 1.75. The summed E-state index contributed by atoms with van der Waals surface area (Å²) in [7, 11) is 1.70. The van der Waals surface area contributed by atoms with Crippen molar-refractivity contribution in [2.75, 3.05) is 38.3 Å². The summed E-state index contributed by atoms with van der Waals surface area (Å²) in [6.45, 7) is 7.85. The fourth-order valence-corrected chi connectivity index (χ4v) is 2.59. The molecule has 1 unspecified atom stereocenters. The fourth-order valence-electron chi connectivity index (χ4n) is 2.59. The first kappa shape index (κ1) is 15.2. The molecule has 0 aliphatic carbocycles. The monoisotopic (exact) mass is 279 g/mol. The molecule has 1 fully saturated rings. The third-order valence-corrected chi connectivity index (χ3v) is 3.67. The third-order valence-electron chi connectivity index (χ3n) is 3.67. The van der Waals surface area contributed by atoms with Gasteiger partial charge in [0.1, 0.15) is 5.82 Å². The van der Waals surface area contributed by atoms with E-state index < -0.39 is 5.60 Å². The summed E-state index contributed by atoms with van der Waals surface area (Å²) < 4.78 is 5.00. The molecule has 1 atom stereocenters. The molecule has 2 rings (SSSR count). The Morgan fingerprint density at radius 2 is 2.35 bits per heavy atom. The highest BCUT2D eigenvalue weighted by Crippen LogP contribution is 2.27. The zero-order valence-electron chi connectivity index (χ0n) is 12.6. The van der Waals surface area contributed by atoms with Crippen LogP contribution in [0.4, 0.5) is 5.82 Å². The van der Waals surface area contributed by atoms with E-state index in [1.54, 1.807) is 7.11 Å². The number of anilines is 1. The second kappa shape index (κ2) is 6.52. The van der Waals surface area contributed by atoms with Crippen molar-refractivity contribution in [3.63, 3.8) is 0 Å². The molecular weight excluding hydrogens is 254 g/mol. The van der Waals surface area contributed by atoms with Crippen molar-refractivity contribution < 1.29 is 9.84 Å². The molecule has 1 aliphatic rings. The molecule has 112 valence electrons. The van der Waals surface area contributed by atoms with Crippen molar-refractivity contribution >= 4 is 5.82 Å². The second-order valence-corrected chi connectivity index (χ2v) is 5.82. The normalized spacial score (nSPS) is 22.5. The van der Waals surface area contributed by atoms with Crippen LogP contribution in [0.3, 0.4) is 0 Å². The van der Waals surface area contributed by atoms with Crippen LogP contribution in [0.25, 0.3) is 0 Å². The van der Waals surface area contributed by atoms with E-state index in [0.717, 1.165) is 37.4 Å². The lowest BCUT2D eigenvalue weighted by molar-refractivity contribution is 0.0839. The first-order valence-electron chi connectivity index (χ1n) is 7.14. The van der Waals surface area contributed by atoms with Gasteiger partial charge in [0.25, 0.3) is 0 Å². The lowest BCUT2D eigenvalue weighted by atomic mass is 10.1. The number of pyridine rings is 1. The van der Waals surface area contributed by atoms with Crippen molar-refractivity contribution in [2.45, 2.75) is 32.4 Å². The maximum absolute atomic E-state index is 10.0. The van der Waals surface area contributed by atoms with Crippen molar-refractivity contribution in [3.05, 3.63) is 23.4 Å². The van der Waals surface area contributed by atoms with Gasteiger partial charge in [-0.25, -0.2) is 4.98 Å². The van der Waals surface area contributed by atoms with Crippen LogP contribution in [-0.4, -0.2) is 49.0 Å². The quantitative estimate of drug-likeness (QED) is 0.763. The van der Waals surface area contributed by atoms with E-state index in [-0.39, 0.29) is 0 Å². The molecule has 1 aromatic heterocycles. The number of β-amino-alcohol motifs (C(OH)–C–C–N with tert-alkyl or cyclic N) is 1. The van der Waals surface area contributed by atoms with Gasteiger partial charge < -0.3 is 20.1 Å². The Morgan fingerprint density at radius 1 is 1.55 bits per heavy atom. The van der Waals surface area contributed by atoms with E-state index >= 15 is 0 Å². The first-order valence-corrected chi connectivity index (χ1v) is 7.14. The van der Waals surface area contributed by atoms with E-state index in [1.807, 2.05) is 13.1 Å². The van der Waals surface area contributed by atoms with E-state index in [1.165, 1.54) is 5.56 Å². The highest BCUT2D eigenvalue weighted by atomic mass is 16.5. The number of nitrogens with zero attached hydrogens (tertiary/aromatic N) is 2. The van der Waals surface area contributed by atoms with E-state index in [4.69, 9.17) is 4.74 Å². The molecule has 5 heteroatoms. The second-order valence-electron chi connectivity index (χ2n) is 5.82. The number of methoxy groups -OCH3 is 1. The number of hydrogen-bond acceptors (Lipinski definition) is 5. The molecule has 0 bridgehead atoms. The molecule has 1 saturated heterocycles. The zero-order valence-corrected chi connectivity index (χ0v) is 12.6. The number of aryl methyl sites for hydroxylation is 1. The van der Waals surface area contributed by atoms with Crippen LogP contribution in [-0.2, 0) is 11.3 Å². The number of aliphatic hydroxyl groups is 1. The molecule has 0 saturated carbocycles. The molecular formula is C15H25N3O2. The van der Waals surface area contributed by atoms with E-state index in [9.17, 15) is 5.11 Å².